The summed E-state index contributed by atoms with van der Waals surface area (Å²) in [6.45, 7) is 6.69. The standard InChI is InChI=1S/C50H60N4O12S2/c1-3-20-52-21-7-12-32-10-5-4-9-31(32)11-6-8-30(2)38-25-54-27-49(62)48(66-44(47(60)61)45(58)50(49,28-55)63-29-68-67-26-39(38)34-19-22-53-24-34)64-36-17-18-37-40(23-36)65-43(46(51)59)41(42(37)57)33-13-15-35(56)16-14-33/h4-6,9-11,13-19,23-24,28,30,38-39,43-45,48,52,54,56-58,62H,3,7-8,12,20-22,25-27,29H2,1-2H3,(H2,51,59)(H,60,61)/b11-6+/t30-,38-,39+,43?,44-,45+,48+,49-,50-/m0/s1. The first kappa shape index (κ1) is 50.7. The van der Waals surface area contributed by atoms with Gasteiger partial charge in [-0.3, -0.25) is 14.6 Å². The number of amides is 1. The number of primary amides is 1. The number of allylic oxidation sites excluding steroid dienone is 2. The molecule has 18 heteroatoms. The molecule has 4 aliphatic rings. The maximum Gasteiger partial charge on any atom is 0.335 e. The molecule has 0 bridgehead atoms. The molecule has 9 atom stereocenters. The number of benzene rings is 3. The Bertz CT molecular complexity index is 2400. The third-order valence-corrected chi connectivity index (χ3v) is 15.1. The van der Waals surface area contributed by atoms with Crippen LogP contribution in [0.2, 0.25) is 0 Å². The van der Waals surface area contributed by atoms with Crippen LogP contribution in [-0.2, 0) is 30.3 Å². The number of phenolic OH excluding ortho intramolecular Hbond substituents is 1. The average molecular weight is 973 g/mol. The molecule has 0 saturated carbocycles. The van der Waals surface area contributed by atoms with E-state index >= 15 is 0 Å². The molecule has 2 fully saturated rings. The number of hydrogen-bond donors (Lipinski definition) is 8. The van der Waals surface area contributed by atoms with Crippen molar-refractivity contribution in [1.29, 1.82) is 0 Å². The van der Waals surface area contributed by atoms with Crippen molar-refractivity contribution in [3.63, 3.8) is 0 Å². The number of aromatic hydroxyl groups is 1. The number of nitrogens with one attached hydrogen (secondary N) is 2. The van der Waals surface area contributed by atoms with Gasteiger partial charge in [0.1, 0.15) is 35.1 Å². The maximum atomic E-state index is 13.4. The zero-order valence-corrected chi connectivity index (χ0v) is 39.6. The summed E-state index contributed by atoms with van der Waals surface area (Å²) in [5.41, 5.74) is 4.65. The monoisotopic (exact) mass is 972 g/mol. The van der Waals surface area contributed by atoms with E-state index in [0.717, 1.165) is 44.3 Å². The number of carbonyl (C=O) groups excluding carboxylic acids is 2. The molecule has 4 heterocycles. The van der Waals surface area contributed by atoms with Gasteiger partial charge in [-0.15, -0.1) is 0 Å². The van der Waals surface area contributed by atoms with E-state index in [1.54, 1.807) is 0 Å². The van der Waals surface area contributed by atoms with Crippen LogP contribution < -0.4 is 25.8 Å². The smallest absolute Gasteiger partial charge is 0.335 e. The van der Waals surface area contributed by atoms with Gasteiger partial charge in [0.25, 0.3) is 5.91 Å². The molecule has 0 spiro atoms. The van der Waals surface area contributed by atoms with Crippen molar-refractivity contribution in [2.24, 2.45) is 28.5 Å². The van der Waals surface area contributed by atoms with Crippen molar-refractivity contribution in [3.8, 4) is 17.2 Å². The second-order valence-corrected chi connectivity index (χ2v) is 19.9. The van der Waals surface area contributed by atoms with Crippen LogP contribution in [-0.4, -0.2) is 130 Å². The molecule has 3 aromatic rings. The molecular formula is C50H60N4O12S2. The normalized spacial score (nSPS) is 28.0. The second kappa shape index (κ2) is 23.0. The first-order valence-electron chi connectivity index (χ1n) is 22.8. The molecule has 68 heavy (non-hydrogen) atoms. The lowest BCUT2D eigenvalue weighted by molar-refractivity contribution is -0.340. The summed E-state index contributed by atoms with van der Waals surface area (Å²) in [4.78, 5) is 43.3. The Labute approximate surface area is 403 Å². The van der Waals surface area contributed by atoms with E-state index in [9.17, 15) is 39.9 Å². The maximum absolute atomic E-state index is 13.4. The number of nitrogens with zero attached hydrogens (tertiary/aromatic N) is 1. The Morgan fingerprint density at radius 3 is 2.62 bits per heavy atom. The third-order valence-electron chi connectivity index (χ3n) is 13.0. The Morgan fingerprint density at radius 1 is 1.10 bits per heavy atom. The summed E-state index contributed by atoms with van der Waals surface area (Å²) >= 11 is 0. The molecule has 16 nitrogen and oxygen atoms in total. The molecule has 0 aliphatic carbocycles. The van der Waals surface area contributed by atoms with E-state index in [1.165, 1.54) is 75.2 Å². The zero-order chi connectivity index (χ0) is 48.4. The molecule has 0 radical (unpaired) electrons. The van der Waals surface area contributed by atoms with Gasteiger partial charge >= 0.3 is 5.97 Å². The Morgan fingerprint density at radius 2 is 1.90 bits per heavy atom. The van der Waals surface area contributed by atoms with Crippen LogP contribution in [0.3, 0.4) is 0 Å². The van der Waals surface area contributed by atoms with Crippen molar-refractivity contribution < 1.29 is 58.9 Å². The lowest BCUT2D eigenvalue weighted by Crippen LogP contribution is -2.80. The molecule has 3 aromatic carbocycles. The minimum Gasteiger partial charge on any atom is -0.508 e. The van der Waals surface area contributed by atoms with E-state index in [-0.39, 0.29) is 64.1 Å². The first-order chi connectivity index (χ1) is 32.8. The fraction of sp³-hybridized carbons (Fsp3) is 0.440. The van der Waals surface area contributed by atoms with Crippen LogP contribution in [0.4, 0.5) is 0 Å². The summed E-state index contributed by atoms with van der Waals surface area (Å²) in [7, 11) is 2.74. The first-order valence-corrected chi connectivity index (χ1v) is 25.3. The van der Waals surface area contributed by atoms with Gasteiger partial charge in [-0.2, -0.15) is 0 Å². The van der Waals surface area contributed by atoms with E-state index < -0.39 is 54.2 Å². The van der Waals surface area contributed by atoms with Gasteiger partial charge in [-0.25, -0.2) is 4.79 Å². The highest BCUT2D eigenvalue weighted by atomic mass is 33.1. The third kappa shape index (κ3) is 11.0. The molecule has 7 rings (SSSR count). The van der Waals surface area contributed by atoms with Gasteiger partial charge in [-0.05, 0) is 110 Å². The van der Waals surface area contributed by atoms with Crippen LogP contribution in [0.1, 0.15) is 55.4 Å². The van der Waals surface area contributed by atoms with Crippen molar-refractivity contribution in [1.82, 2.24) is 10.6 Å². The Hall–Kier alpha value is -5.18. The summed E-state index contributed by atoms with van der Waals surface area (Å²) < 4.78 is 24.3. The minimum absolute atomic E-state index is 0.0128. The highest BCUT2D eigenvalue weighted by molar-refractivity contribution is 8.76. The van der Waals surface area contributed by atoms with Crippen molar-refractivity contribution in [2.75, 3.05) is 44.4 Å². The molecular weight excluding hydrogens is 913 g/mol. The number of aryl methyl sites for hydroxylation is 1. The highest BCUT2D eigenvalue weighted by Gasteiger charge is 2.69. The van der Waals surface area contributed by atoms with Crippen LogP contribution in [0, 0.1) is 17.8 Å². The largest absolute Gasteiger partial charge is 0.508 e. The van der Waals surface area contributed by atoms with Gasteiger partial charge in [0, 0.05) is 24.6 Å². The van der Waals surface area contributed by atoms with Crippen LogP contribution in [0.25, 0.3) is 17.4 Å². The lowest BCUT2D eigenvalue weighted by atomic mass is 9.73. The quantitative estimate of drug-likeness (QED) is 0.0494. The predicted molar refractivity (Wildman–Crippen MR) is 262 cm³/mol. The van der Waals surface area contributed by atoms with E-state index in [2.05, 4.69) is 65.9 Å². The molecule has 364 valence electrons. The number of carboxylic acid groups (broad SMARTS) is 1. The van der Waals surface area contributed by atoms with Gasteiger partial charge < -0.3 is 60.8 Å². The number of aliphatic carboxylic acids is 1. The number of rotatable bonds is 17. The zero-order valence-electron chi connectivity index (χ0n) is 38.0. The second-order valence-electron chi connectivity index (χ2n) is 17.4. The number of carboxylic acids is 1. The molecule has 0 aromatic heterocycles. The number of carbonyl (C=O) groups is 3. The topological polar surface area (TPSA) is 252 Å². The van der Waals surface area contributed by atoms with Crippen LogP contribution in [0.5, 0.6) is 17.2 Å². The number of aliphatic hydroxyl groups excluding tert-OH is 2. The van der Waals surface area contributed by atoms with Crippen LogP contribution in [0.15, 0.2) is 89.4 Å². The van der Waals surface area contributed by atoms with Gasteiger partial charge in [0.05, 0.1) is 17.7 Å². The minimum atomic E-state index is -2.59. The SMILES string of the molecule is CCCNCCCc1ccccc1/C=C/C[C@H](C)[C@@H]1CNC[C@]2(O)[C@H](Oc3ccc4c(c3)OC(C(N)=O)C(c3ccc(O)cc3)=C4O)O[C@H](C(=O)O)[C@@H](O)[C@]2(C=O)OCSSC[C@@H]1C1=CCN=C1. The van der Waals surface area contributed by atoms with Crippen LogP contribution >= 0.6 is 21.6 Å². The van der Waals surface area contributed by atoms with Gasteiger partial charge in [0.2, 0.25) is 12.4 Å². The Balaban J connectivity index is 1.18. The number of aliphatic hydroxyl groups is 3. The molecule has 1 amide bonds. The number of aldehydes is 1. The fourth-order valence-electron chi connectivity index (χ4n) is 9.26. The highest BCUT2D eigenvalue weighted by Crippen LogP contribution is 2.46. The average Bonchev–Trinajstić information content (AvgIpc) is 3.86. The summed E-state index contributed by atoms with van der Waals surface area (Å²) in [5.74, 6) is -2.66. The number of fused-ring (bicyclic) bond motifs is 2. The predicted octanol–water partition coefficient (Wildman–Crippen LogP) is 5.16. The lowest BCUT2D eigenvalue weighted by Gasteiger charge is -2.53. The van der Waals surface area contributed by atoms with Crippen molar-refractivity contribution in [3.05, 3.63) is 107 Å². The van der Waals surface area contributed by atoms with E-state index in [0.29, 0.717) is 24.4 Å². The van der Waals surface area contributed by atoms with E-state index in [1.807, 2.05) is 12.3 Å². The summed E-state index contributed by atoms with van der Waals surface area (Å²) in [6, 6.07) is 18.2. The van der Waals surface area contributed by atoms with Crippen molar-refractivity contribution in [2.45, 2.75) is 75.3 Å². The number of ether oxygens (including phenoxy) is 4. The fourth-order valence-corrected chi connectivity index (χ4v) is 11.3. The Kier molecular flexibility index (Phi) is 17.1. The number of aliphatic imine (C=N–C) groups is 1. The number of hydrogen-bond acceptors (Lipinski definition) is 16. The van der Waals surface area contributed by atoms with Crippen molar-refractivity contribution >= 4 is 63.4 Å². The number of phenols is 1. The van der Waals surface area contributed by atoms with Gasteiger partial charge in [-0.1, -0.05) is 90.1 Å². The summed E-state index contributed by atoms with van der Waals surface area (Å²) in [6.07, 6.45) is 4.66. The molecule has 1 unspecified atom stereocenters. The molecule has 2 saturated heterocycles. The molecule has 9 N–H and O–H groups in total. The van der Waals surface area contributed by atoms with E-state index in [4.69, 9.17) is 24.7 Å². The summed E-state index contributed by atoms with van der Waals surface area (Å²) in [5, 5.41) is 63.1. The molecule has 4 aliphatic heterocycles. The van der Waals surface area contributed by atoms with Gasteiger partial charge in [0.15, 0.2) is 23.6 Å². The number of nitrogens with two attached hydrogens (primary N) is 1. The number of β-amino-alcohol motifs (C(OH)–C–C–N with tert-alkyl or cyclic N) is 1.